The third kappa shape index (κ3) is 2.36. The molecule has 1 aromatic carbocycles. The van der Waals surface area contributed by atoms with Gasteiger partial charge in [-0.25, -0.2) is 0 Å². The van der Waals surface area contributed by atoms with Gasteiger partial charge in [0.25, 0.3) is 0 Å². The fourth-order valence-corrected chi connectivity index (χ4v) is 2.52. The van der Waals surface area contributed by atoms with E-state index < -0.39 is 5.97 Å². The molecule has 0 aromatic heterocycles. The van der Waals surface area contributed by atoms with Gasteiger partial charge in [-0.2, -0.15) is 0 Å². The van der Waals surface area contributed by atoms with E-state index in [9.17, 15) is 9.90 Å². The van der Waals surface area contributed by atoms with E-state index in [0.29, 0.717) is 0 Å². The normalized spacial score (nSPS) is 19.8. The van der Waals surface area contributed by atoms with Crippen LogP contribution < -0.4 is 0 Å². The van der Waals surface area contributed by atoms with Crippen LogP contribution in [-0.2, 0) is 16.6 Å². The Morgan fingerprint density at radius 3 is 2.65 bits per heavy atom. The highest BCUT2D eigenvalue weighted by Gasteiger charge is 2.27. The smallest absolute Gasteiger partial charge is 0.310 e. The number of aliphatic carboxylic acids is 1. The van der Waals surface area contributed by atoms with Crippen molar-refractivity contribution in [1.82, 2.24) is 0 Å². The number of aryl methyl sites for hydroxylation is 1. The van der Waals surface area contributed by atoms with Crippen molar-refractivity contribution in [2.24, 2.45) is 0 Å². The van der Waals surface area contributed by atoms with Gasteiger partial charge in [-0.05, 0) is 41.4 Å². The van der Waals surface area contributed by atoms with Crippen LogP contribution in [0.3, 0.4) is 0 Å². The van der Waals surface area contributed by atoms with Gasteiger partial charge in [-0.1, -0.05) is 39.0 Å². The summed E-state index contributed by atoms with van der Waals surface area (Å²) in [6, 6.07) is 6.36. The van der Waals surface area contributed by atoms with Crippen molar-refractivity contribution >= 4 is 5.97 Å². The highest BCUT2D eigenvalue weighted by atomic mass is 16.4. The van der Waals surface area contributed by atoms with Crippen LogP contribution >= 0.6 is 0 Å². The van der Waals surface area contributed by atoms with E-state index in [2.05, 4.69) is 39.0 Å². The van der Waals surface area contributed by atoms with Crippen molar-refractivity contribution in [1.29, 1.82) is 0 Å². The molecule has 2 nitrogen and oxygen atoms in total. The number of hydrogen-bond acceptors (Lipinski definition) is 1. The Morgan fingerprint density at radius 1 is 1.35 bits per heavy atom. The summed E-state index contributed by atoms with van der Waals surface area (Å²) in [5, 5.41) is 9.28. The van der Waals surface area contributed by atoms with E-state index in [-0.39, 0.29) is 11.3 Å². The molecule has 1 aliphatic carbocycles. The van der Waals surface area contributed by atoms with E-state index in [1.54, 1.807) is 0 Å². The van der Waals surface area contributed by atoms with E-state index in [0.717, 1.165) is 24.8 Å². The average Bonchev–Trinajstić information content (AvgIpc) is 2.26. The first-order valence-electron chi connectivity index (χ1n) is 6.25. The summed E-state index contributed by atoms with van der Waals surface area (Å²) >= 11 is 0. The Morgan fingerprint density at radius 2 is 2.06 bits per heavy atom. The van der Waals surface area contributed by atoms with Gasteiger partial charge in [0.05, 0.1) is 5.92 Å². The molecule has 0 fully saturated rings. The first kappa shape index (κ1) is 12.2. The summed E-state index contributed by atoms with van der Waals surface area (Å²) in [4.78, 5) is 11.3. The maximum absolute atomic E-state index is 11.3. The number of fused-ring (bicyclic) bond motifs is 1. The van der Waals surface area contributed by atoms with Crippen LogP contribution in [0, 0.1) is 0 Å². The van der Waals surface area contributed by atoms with E-state index in [4.69, 9.17) is 0 Å². The number of carboxylic acid groups (broad SMARTS) is 1. The van der Waals surface area contributed by atoms with Crippen LogP contribution in [0.1, 0.15) is 56.2 Å². The summed E-state index contributed by atoms with van der Waals surface area (Å²) in [6.07, 6.45) is 2.78. The maximum atomic E-state index is 11.3. The largest absolute Gasteiger partial charge is 0.481 e. The van der Waals surface area contributed by atoms with Gasteiger partial charge < -0.3 is 5.11 Å². The number of benzene rings is 1. The zero-order chi connectivity index (χ0) is 12.6. The molecule has 1 atom stereocenters. The molecule has 0 radical (unpaired) electrons. The van der Waals surface area contributed by atoms with E-state index in [1.165, 1.54) is 11.1 Å². The van der Waals surface area contributed by atoms with Gasteiger partial charge in [0.2, 0.25) is 0 Å². The van der Waals surface area contributed by atoms with Crippen molar-refractivity contribution in [3.05, 3.63) is 34.9 Å². The van der Waals surface area contributed by atoms with Crippen LogP contribution in [0.25, 0.3) is 0 Å². The Balaban J connectivity index is 2.48. The Kier molecular flexibility index (Phi) is 2.98. The molecule has 1 N–H and O–H groups in total. The molecule has 1 aromatic rings. The molecule has 0 spiro atoms. The van der Waals surface area contributed by atoms with Crippen molar-refractivity contribution < 1.29 is 9.90 Å². The third-order valence-electron chi connectivity index (χ3n) is 3.62. The lowest BCUT2D eigenvalue weighted by Crippen LogP contribution is -2.20. The van der Waals surface area contributed by atoms with Crippen LogP contribution in [0.4, 0.5) is 0 Å². The van der Waals surface area contributed by atoms with Crippen molar-refractivity contribution in [3.63, 3.8) is 0 Å². The van der Waals surface area contributed by atoms with E-state index >= 15 is 0 Å². The molecule has 1 aliphatic rings. The monoisotopic (exact) mass is 232 g/mol. The molecule has 0 saturated heterocycles. The molecule has 2 heteroatoms. The molecule has 17 heavy (non-hydrogen) atoms. The summed E-state index contributed by atoms with van der Waals surface area (Å²) in [5.41, 5.74) is 3.56. The van der Waals surface area contributed by atoms with Crippen LogP contribution in [0.15, 0.2) is 18.2 Å². The fraction of sp³-hybridized carbons (Fsp3) is 0.533. The molecule has 92 valence electrons. The lowest BCUT2D eigenvalue weighted by molar-refractivity contribution is -0.139. The summed E-state index contributed by atoms with van der Waals surface area (Å²) in [7, 11) is 0. The zero-order valence-corrected chi connectivity index (χ0v) is 10.8. The number of carboxylic acids is 1. The topological polar surface area (TPSA) is 37.3 Å². The number of hydrogen-bond donors (Lipinski definition) is 1. The van der Waals surface area contributed by atoms with Gasteiger partial charge in [-0.3, -0.25) is 4.79 Å². The van der Waals surface area contributed by atoms with Crippen LogP contribution in [0.2, 0.25) is 0 Å². The highest BCUT2D eigenvalue weighted by molar-refractivity contribution is 5.77. The molecule has 0 saturated carbocycles. The lowest BCUT2D eigenvalue weighted by atomic mass is 9.78. The summed E-state index contributed by atoms with van der Waals surface area (Å²) in [5.74, 6) is -0.988. The zero-order valence-electron chi connectivity index (χ0n) is 10.8. The molecule has 0 amide bonds. The lowest BCUT2D eigenvalue weighted by Gasteiger charge is -2.26. The second-order valence-corrected chi connectivity index (χ2v) is 5.95. The summed E-state index contributed by atoms with van der Waals surface area (Å²) < 4.78 is 0. The molecule has 1 unspecified atom stereocenters. The van der Waals surface area contributed by atoms with Gasteiger partial charge >= 0.3 is 5.97 Å². The predicted molar refractivity (Wildman–Crippen MR) is 68.5 cm³/mol. The van der Waals surface area contributed by atoms with Gasteiger partial charge in [0.15, 0.2) is 0 Å². The van der Waals surface area contributed by atoms with Crippen molar-refractivity contribution in [2.45, 2.75) is 51.4 Å². The minimum atomic E-state index is -0.683. The number of rotatable bonds is 1. The minimum Gasteiger partial charge on any atom is -0.481 e. The fourth-order valence-electron chi connectivity index (χ4n) is 2.52. The Hall–Kier alpha value is -1.31. The SMILES string of the molecule is CC(C)(C)c1ccc2c(c1)C(C(=O)O)CCC2. The summed E-state index contributed by atoms with van der Waals surface area (Å²) in [6.45, 7) is 6.48. The minimum absolute atomic E-state index is 0.0789. The van der Waals surface area contributed by atoms with E-state index in [1.807, 2.05) is 0 Å². The Bertz CT molecular complexity index is 441. The maximum Gasteiger partial charge on any atom is 0.310 e. The third-order valence-corrected chi connectivity index (χ3v) is 3.62. The first-order valence-corrected chi connectivity index (χ1v) is 6.25. The van der Waals surface area contributed by atoms with Gasteiger partial charge in [-0.15, -0.1) is 0 Å². The number of carbonyl (C=O) groups is 1. The molecular weight excluding hydrogens is 212 g/mol. The van der Waals surface area contributed by atoms with Gasteiger partial charge in [0.1, 0.15) is 0 Å². The van der Waals surface area contributed by atoms with Crippen molar-refractivity contribution in [2.75, 3.05) is 0 Å². The van der Waals surface area contributed by atoms with Crippen LogP contribution in [-0.4, -0.2) is 11.1 Å². The molecule has 2 rings (SSSR count). The first-order chi connectivity index (χ1) is 7.89. The standard InChI is InChI=1S/C15H20O2/c1-15(2,3)11-8-7-10-5-4-6-12(14(16)17)13(10)9-11/h7-9,12H,4-6H2,1-3H3,(H,16,17). The average molecular weight is 232 g/mol. The van der Waals surface area contributed by atoms with Gasteiger partial charge in [0, 0.05) is 0 Å². The molecule has 0 heterocycles. The predicted octanol–water partition coefficient (Wildman–Crippen LogP) is 3.49. The van der Waals surface area contributed by atoms with Crippen LogP contribution in [0.5, 0.6) is 0 Å². The molecule has 0 aliphatic heterocycles. The second kappa shape index (κ2) is 4.17. The Labute approximate surface area is 103 Å². The van der Waals surface area contributed by atoms with Crippen molar-refractivity contribution in [3.8, 4) is 0 Å². The molecule has 0 bridgehead atoms. The highest BCUT2D eigenvalue weighted by Crippen LogP contribution is 2.35. The molecular formula is C15H20O2. The second-order valence-electron chi connectivity index (χ2n) is 5.95. The quantitative estimate of drug-likeness (QED) is 0.804.